The average molecular weight is 583 g/mol. The minimum absolute atomic E-state index is 0.0800. The Morgan fingerprint density at radius 1 is 1.20 bits per heavy atom. The zero-order valence-electron chi connectivity index (χ0n) is 24.9. The van der Waals surface area contributed by atoms with Crippen LogP contribution < -0.4 is 10.6 Å². The van der Waals surface area contributed by atoms with Crippen molar-refractivity contribution in [3.05, 3.63) is 36.7 Å². The number of carbonyl (C=O) groups is 2. The van der Waals surface area contributed by atoms with Crippen LogP contribution in [0.5, 0.6) is 0 Å². The van der Waals surface area contributed by atoms with Crippen LogP contribution in [0, 0.1) is 0 Å². The van der Waals surface area contributed by atoms with Gasteiger partial charge in [0.2, 0.25) is 0 Å². The highest BCUT2D eigenvalue weighted by Gasteiger charge is 2.26. The van der Waals surface area contributed by atoms with Crippen molar-refractivity contribution in [2.24, 2.45) is 0 Å². The van der Waals surface area contributed by atoms with E-state index in [1.165, 1.54) is 4.90 Å². The summed E-state index contributed by atoms with van der Waals surface area (Å²) >= 11 is 0. The van der Waals surface area contributed by atoms with Gasteiger partial charge < -0.3 is 29.4 Å². The minimum Gasteiger partial charge on any atom is -0.465 e. The average Bonchev–Trinajstić information content (AvgIpc) is 3.29. The van der Waals surface area contributed by atoms with Crippen LogP contribution in [0.25, 0.3) is 22.3 Å². The first-order chi connectivity index (χ1) is 19.3. The number of anilines is 2. The Morgan fingerprint density at radius 2 is 1.98 bits per heavy atom. The molecule has 222 valence electrons. The molecule has 0 radical (unpaired) electrons. The number of ether oxygens (including phenoxy) is 2. The summed E-state index contributed by atoms with van der Waals surface area (Å²) in [5.74, 6) is 0.353. The quantitative estimate of drug-likeness (QED) is 0.198. The Labute approximate surface area is 242 Å². The smallest absolute Gasteiger partial charge is 0.413 e. The number of carboxylic acid groups (broad SMARTS) is 1. The molecule has 1 saturated heterocycles. The van der Waals surface area contributed by atoms with E-state index in [1.807, 2.05) is 29.0 Å². The molecule has 2 amide bonds. The SMILES string of the molecule is CC(C)(C)OC(=O)Nc1cccc(-c2cnc3c(ccn3COCC[Si](C)(C)C)c2NC2CCCN(C(=O)O)C2)n1. The topological polar surface area (TPSA) is 131 Å². The van der Waals surface area contributed by atoms with Crippen LogP contribution in [0.4, 0.5) is 21.1 Å². The summed E-state index contributed by atoms with van der Waals surface area (Å²) in [7, 11) is -1.20. The molecule has 1 aliphatic heterocycles. The molecule has 12 heteroatoms. The number of piperidine rings is 1. The third-order valence-corrected chi connectivity index (χ3v) is 8.41. The van der Waals surface area contributed by atoms with E-state index < -0.39 is 25.9 Å². The maximum absolute atomic E-state index is 12.4. The summed E-state index contributed by atoms with van der Waals surface area (Å²) in [5.41, 5.74) is 2.30. The lowest BCUT2D eigenvalue weighted by Crippen LogP contribution is -2.44. The summed E-state index contributed by atoms with van der Waals surface area (Å²) in [6.07, 6.45) is 3.82. The number of carbonyl (C=O) groups excluding carboxylic acids is 1. The Hall–Kier alpha value is -3.64. The number of hydrogen-bond donors (Lipinski definition) is 3. The second-order valence-electron chi connectivity index (χ2n) is 12.7. The van der Waals surface area contributed by atoms with Crippen molar-refractivity contribution in [3.63, 3.8) is 0 Å². The van der Waals surface area contributed by atoms with Crippen LogP contribution in [0.1, 0.15) is 33.6 Å². The molecule has 4 heterocycles. The van der Waals surface area contributed by atoms with Crippen molar-refractivity contribution in [3.8, 4) is 11.3 Å². The number of pyridine rings is 2. The van der Waals surface area contributed by atoms with Gasteiger partial charge in [0.25, 0.3) is 0 Å². The summed E-state index contributed by atoms with van der Waals surface area (Å²) in [6, 6.07) is 8.37. The van der Waals surface area contributed by atoms with E-state index in [0.717, 1.165) is 41.2 Å². The van der Waals surface area contributed by atoms with E-state index in [-0.39, 0.29) is 6.04 Å². The molecule has 11 nitrogen and oxygen atoms in total. The fourth-order valence-electron chi connectivity index (χ4n) is 4.67. The van der Waals surface area contributed by atoms with Crippen molar-refractivity contribution < 1.29 is 24.2 Å². The number of aromatic nitrogens is 3. The van der Waals surface area contributed by atoms with E-state index >= 15 is 0 Å². The predicted molar refractivity (Wildman–Crippen MR) is 163 cm³/mol. The normalized spacial score (nSPS) is 16.0. The van der Waals surface area contributed by atoms with Gasteiger partial charge in [-0.15, -0.1) is 0 Å². The molecule has 0 aromatic carbocycles. The molecule has 0 bridgehead atoms. The number of fused-ring (bicyclic) bond motifs is 1. The number of hydrogen-bond acceptors (Lipinski definition) is 7. The highest BCUT2D eigenvalue weighted by atomic mass is 28.3. The van der Waals surface area contributed by atoms with Gasteiger partial charge in [-0.1, -0.05) is 25.7 Å². The lowest BCUT2D eigenvalue weighted by molar-refractivity contribution is 0.0635. The van der Waals surface area contributed by atoms with Crippen LogP contribution in [-0.2, 0) is 16.2 Å². The molecule has 0 aliphatic carbocycles. The van der Waals surface area contributed by atoms with Crippen molar-refractivity contribution in [2.75, 3.05) is 30.3 Å². The van der Waals surface area contributed by atoms with Gasteiger partial charge in [0.05, 0.1) is 11.4 Å². The second-order valence-corrected chi connectivity index (χ2v) is 18.3. The van der Waals surface area contributed by atoms with Gasteiger partial charge in [0.1, 0.15) is 23.8 Å². The van der Waals surface area contributed by atoms with Gasteiger partial charge in [0.15, 0.2) is 0 Å². The molecule has 4 rings (SSSR count). The van der Waals surface area contributed by atoms with Crippen LogP contribution in [-0.4, -0.2) is 76.1 Å². The fourth-order valence-corrected chi connectivity index (χ4v) is 5.43. The summed E-state index contributed by atoms with van der Waals surface area (Å²) < 4.78 is 13.4. The molecule has 3 aromatic rings. The number of rotatable bonds is 9. The molecule has 41 heavy (non-hydrogen) atoms. The van der Waals surface area contributed by atoms with Gasteiger partial charge in [-0.3, -0.25) is 5.32 Å². The van der Waals surface area contributed by atoms with Crippen molar-refractivity contribution in [1.82, 2.24) is 19.4 Å². The lowest BCUT2D eigenvalue weighted by atomic mass is 10.0. The molecule has 1 atom stereocenters. The third kappa shape index (κ3) is 8.43. The van der Waals surface area contributed by atoms with Crippen molar-refractivity contribution in [1.29, 1.82) is 0 Å². The van der Waals surface area contributed by atoms with Crippen molar-refractivity contribution >= 4 is 42.8 Å². The van der Waals surface area contributed by atoms with Gasteiger partial charge in [-0.25, -0.2) is 19.6 Å². The zero-order chi connectivity index (χ0) is 29.8. The highest BCUT2D eigenvalue weighted by Crippen LogP contribution is 2.35. The first-order valence-corrected chi connectivity index (χ1v) is 17.8. The summed E-state index contributed by atoms with van der Waals surface area (Å²) in [5, 5.41) is 16.8. The molecule has 1 fully saturated rings. The number of amides is 2. The van der Waals surface area contributed by atoms with E-state index in [1.54, 1.807) is 33.0 Å². The number of nitrogens with zero attached hydrogens (tertiary/aromatic N) is 4. The van der Waals surface area contributed by atoms with E-state index in [9.17, 15) is 14.7 Å². The van der Waals surface area contributed by atoms with E-state index in [4.69, 9.17) is 14.5 Å². The Morgan fingerprint density at radius 3 is 2.68 bits per heavy atom. The second kappa shape index (κ2) is 12.5. The minimum atomic E-state index is -1.20. The summed E-state index contributed by atoms with van der Waals surface area (Å²) in [4.78, 5) is 34.9. The van der Waals surface area contributed by atoms with Gasteiger partial charge in [-0.2, -0.15) is 0 Å². The fraction of sp³-hybridized carbons (Fsp3) is 0.517. The van der Waals surface area contributed by atoms with Crippen molar-refractivity contribution in [2.45, 2.75) is 77.7 Å². The molecule has 0 saturated carbocycles. The molecule has 0 spiro atoms. The van der Waals surface area contributed by atoms with Gasteiger partial charge in [-0.05, 0) is 57.9 Å². The van der Waals surface area contributed by atoms with E-state index in [2.05, 4.69) is 35.3 Å². The molecular weight excluding hydrogens is 540 g/mol. The van der Waals surface area contributed by atoms with E-state index in [0.29, 0.717) is 37.9 Å². The maximum atomic E-state index is 12.4. The summed E-state index contributed by atoms with van der Waals surface area (Å²) in [6.45, 7) is 14.4. The largest absolute Gasteiger partial charge is 0.465 e. The Bertz CT molecular complexity index is 1380. The number of nitrogens with one attached hydrogen (secondary N) is 2. The van der Waals surface area contributed by atoms with Crippen LogP contribution in [0.2, 0.25) is 25.7 Å². The Kier molecular flexibility index (Phi) is 9.23. The monoisotopic (exact) mass is 582 g/mol. The number of likely N-dealkylation sites (tertiary alicyclic amines) is 1. The predicted octanol–water partition coefficient (Wildman–Crippen LogP) is 6.31. The Balaban J connectivity index is 1.66. The van der Waals surface area contributed by atoms with Crippen LogP contribution in [0.3, 0.4) is 0 Å². The maximum Gasteiger partial charge on any atom is 0.413 e. The molecule has 1 unspecified atom stereocenters. The van der Waals surface area contributed by atoms with Crippen LogP contribution >= 0.6 is 0 Å². The molecule has 3 N–H and O–H groups in total. The highest BCUT2D eigenvalue weighted by molar-refractivity contribution is 6.76. The first-order valence-electron chi connectivity index (χ1n) is 14.1. The van der Waals surface area contributed by atoms with Gasteiger partial charge in [0, 0.05) is 57.2 Å². The lowest BCUT2D eigenvalue weighted by Gasteiger charge is -2.32. The third-order valence-electron chi connectivity index (χ3n) is 6.71. The zero-order valence-corrected chi connectivity index (χ0v) is 25.9. The standard InChI is InChI=1S/C29H42N6O5Si/c1-29(2,3)40-27(36)33-24-11-7-10-23(32-24)22-17-30-26-21(12-14-35(26)19-39-15-16-41(4,5)6)25(22)31-20-9-8-13-34(18-20)28(37)38/h7,10-12,14,17,20H,8-9,13,15-16,18-19H2,1-6H3,(H,30,31)(H,37,38)(H,32,33,36). The van der Waals surface area contributed by atoms with Gasteiger partial charge >= 0.3 is 12.2 Å². The van der Waals surface area contributed by atoms with Crippen LogP contribution in [0.15, 0.2) is 36.7 Å². The molecule has 3 aromatic heterocycles. The first kappa shape index (κ1) is 30.3. The molecular formula is C29H42N6O5Si. The molecule has 1 aliphatic rings.